The molecule has 7 heteroatoms. The van der Waals surface area contributed by atoms with Gasteiger partial charge in [0, 0.05) is 12.4 Å². The van der Waals surface area contributed by atoms with E-state index in [1.165, 1.54) is 23.3 Å². The van der Waals surface area contributed by atoms with Crippen molar-refractivity contribution in [3.63, 3.8) is 0 Å². The second kappa shape index (κ2) is 8.65. The summed E-state index contributed by atoms with van der Waals surface area (Å²) in [4.78, 5) is 0. The average Bonchev–Trinajstić information content (AvgIpc) is 3.44. The van der Waals surface area contributed by atoms with Gasteiger partial charge in [-0.2, -0.15) is 23.4 Å². The van der Waals surface area contributed by atoms with Gasteiger partial charge in [-0.3, -0.25) is 0 Å². The van der Waals surface area contributed by atoms with Crippen molar-refractivity contribution in [2.45, 2.75) is 45.2 Å². The van der Waals surface area contributed by atoms with Gasteiger partial charge in [0.15, 0.2) is 0 Å². The summed E-state index contributed by atoms with van der Waals surface area (Å²) >= 11 is 0. The Kier molecular flexibility index (Phi) is 5.91. The molecule has 2 aromatic heterocycles. The second-order valence-corrected chi connectivity index (χ2v) is 8.41. The van der Waals surface area contributed by atoms with Gasteiger partial charge in [-0.1, -0.05) is 32.9 Å². The van der Waals surface area contributed by atoms with Crippen LogP contribution in [0.5, 0.6) is 0 Å². The summed E-state index contributed by atoms with van der Waals surface area (Å²) in [7, 11) is 0. The highest BCUT2D eigenvalue weighted by molar-refractivity contribution is 5.38. The fourth-order valence-electron chi connectivity index (χ4n) is 3.61. The van der Waals surface area contributed by atoms with Crippen molar-refractivity contribution in [1.29, 1.82) is 0 Å². The molecule has 0 bridgehead atoms. The molecular formula is C25H25F3N4. The molecule has 0 spiro atoms. The molecule has 0 N–H and O–H groups in total. The third-order valence-corrected chi connectivity index (χ3v) is 5.62. The van der Waals surface area contributed by atoms with Gasteiger partial charge in [0.1, 0.15) is 0 Å². The summed E-state index contributed by atoms with van der Waals surface area (Å²) in [6.07, 6.45) is 4.07. The lowest BCUT2D eigenvalue weighted by Gasteiger charge is -2.11. The second-order valence-electron chi connectivity index (χ2n) is 8.41. The molecule has 0 saturated carbocycles. The van der Waals surface area contributed by atoms with Gasteiger partial charge in [0.05, 0.1) is 29.3 Å². The largest absolute Gasteiger partial charge is 0.416 e. The average molecular weight is 438 g/mol. The van der Waals surface area contributed by atoms with Crippen molar-refractivity contribution in [3.05, 3.63) is 95.6 Å². The molecule has 0 aliphatic rings. The van der Waals surface area contributed by atoms with Crippen LogP contribution in [0.25, 0.3) is 11.4 Å². The van der Waals surface area contributed by atoms with Crippen LogP contribution in [0.4, 0.5) is 13.2 Å². The number of benzene rings is 2. The highest BCUT2D eigenvalue weighted by Crippen LogP contribution is 2.30. The summed E-state index contributed by atoms with van der Waals surface area (Å²) < 4.78 is 41.9. The van der Waals surface area contributed by atoms with Crippen molar-refractivity contribution in [2.75, 3.05) is 0 Å². The van der Waals surface area contributed by atoms with Crippen LogP contribution in [0.1, 0.15) is 54.9 Å². The SMILES string of the molecule is CC(C)c1cnn(-c2cccc(CC(C)c3cnn(-c4ccc(C(F)(F)F)cc4)c3)c2)c1. The molecule has 32 heavy (non-hydrogen) atoms. The minimum absolute atomic E-state index is 0.192. The van der Waals surface area contributed by atoms with Crippen molar-refractivity contribution in [3.8, 4) is 11.4 Å². The Hall–Kier alpha value is -3.35. The van der Waals surface area contributed by atoms with Crippen molar-refractivity contribution < 1.29 is 13.2 Å². The number of hydrogen-bond donors (Lipinski definition) is 0. The molecule has 0 aliphatic heterocycles. The third-order valence-electron chi connectivity index (χ3n) is 5.62. The molecule has 0 saturated heterocycles. The van der Waals surface area contributed by atoms with E-state index in [-0.39, 0.29) is 5.92 Å². The number of rotatable bonds is 6. The Balaban J connectivity index is 1.48. The monoisotopic (exact) mass is 438 g/mol. The minimum atomic E-state index is -4.34. The minimum Gasteiger partial charge on any atom is -0.241 e. The lowest BCUT2D eigenvalue weighted by Crippen LogP contribution is -2.05. The zero-order valence-electron chi connectivity index (χ0n) is 18.2. The normalized spacial score (nSPS) is 13.0. The highest BCUT2D eigenvalue weighted by atomic mass is 19.4. The Morgan fingerprint density at radius 1 is 0.812 bits per heavy atom. The lowest BCUT2D eigenvalue weighted by atomic mass is 9.96. The van der Waals surface area contributed by atoms with Gasteiger partial charge < -0.3 is 0 Å². The van der Waals surface area contributed by atoms with E-state index in [9.17, 15) is 13.2 Å². The maximum absolute atomic E-state index is 12.8. The first kappa shape index (κ1) is 21.9. The third kappa shape index (κ3) is 4.77. The molecule has 166 valence electrons. The van der Waals surface area contributed by atoms with Crippen LogP contribution in [0.2, 0.25) is 0 Å². The Morgan fingerprint density at radius 3 is 2.06 bits per heavy atom. The molecule has 2 aromatic carbocycles. The summed E-state index contributed by atoms with van der Waals surface area (Å²) in [5.41, 5.74) is 4.34. The van der Waals surface area contributed by atoms with E-state index >= 15 is 0 Å². The Bertz CT molecular complexity index is 1190. The number of halogens is 3. The quantitative estimate of drug-likeness (QED) is 0.342. The molecule has 0 aliphatic carbocycles. The fourth-order valence-corrected chi connectivity index (χ4v) is 3.61. The van der Waals surface area contributed by atoms with Gasteiger partial charge in [-0.05, 0) is 71.3 Å². The fraction of sp³-hybridized carbons (Fsp3) is 0.280. The number of aromatic nitrogens is 4. The van der Waals surface area contributed by atoms with E-state index in [2.05, 4.69) is 49.3 Å². The van der Waals surface area contributed by atoms with Crippen molar-refractivity contribution >= 4 is 0 Å². The zero-order valence-corrected chi connectivity index (χ0v) is 18.2. The van der Waals surface area contributed by atoms with E-state index in [1.54, 1.807) is 10.9 Å². The van der Waals surface area contributed by atoms with Crippen molar-refractivity contribution in [1.82, 2.24) is 19.6 Å². The molecule has 4 nitrogen and oxygen atoms in total. The van der Waals surface area contributed by atoms with Gasteiger partial charge >= 0.3 is 6.18 Å². The highest BCUT2D eigenvalue weighted by Gasteiger charge is 2.30. The molecule has 0 fully saturated rings. The Morgan fingerprint density at radius 2 is 1.44 bits per heavy atom. The number of nitrogens with zero attached hydrogens (tertiary/aromatic N) is 4. The lowest BCUT2D eigenvalue weighted by molar-refractivity contribution is -0.137. The molecule has 4 aromatic rings. The molecular weight excluding hydrogens is 413 g/mol. The smallest absolute Gasteiger partial charge is 0.241 e. The maximum Gasteiger partial charge on any atom is 0.416 e. The number of alkyl halides is 3. The molecule has 0 radical (unpaired) electrons. The van der Waals surface area contributed by atoms with Crippen LogP contribution in [0.15, 0.2) is 73.3 Å². The van der Waals surface area contributed by atoms with Crippen LogP contribution in [0, 0.1) is 0 Å². The van der Waals surface area contributed by atoms with E-state index < -0.39 is 11.7 Å². The van der Waals surface area contributed by atoms with Crippen LogP contribution < -0.4 is 0 Å². The van der Waals surface area contributed by atoms with Crippen LogP contribution in [0.3, 0.4) is 0 Å². The number of hydrogen-bond acceptors (Lipinski definition) is 2. The van der Waals surface area contributed by atoms with Crippen molar-refractivity contribution in [2.24, 2.45) is 0 Å². The first-order chi connectivity index (χ1) is 15.2. The topological polar surface area (TPSA) is 35.6 Å². The maximum atomic E-state index is 12.8. The van der Waals surface area contributed by atoms with E-state index in [0.29, 0.717) is 11.6 Å². The zero-order chi connectivity index (χ0) is 22.9. The van der Waals surface area contributed by atoms with Gasteiger partial charge in [0.2, 0.25) is 0 Å². The molecule has 1 unspecified atom stereocenters. The first-order valence-electron chi connectivity index (χ1n) is 10.6. The van der Waals surface area contributed by atoms with Crippen LogP contribution in [-0.4, -0.2) is 19.6 Å². The molecule has 4 rings (SSSR count). The summed E-state index contributed by atoms with van der Waals surface area (Å²) in [5.74, 6) is 0.616. The first-order valence-corrected chi connectivity index (χ1v) is 10.6. The van der Waals surface area contributed by atoms with Gasteiger partial charge in [-0.25, -0.2) is 9.36 Å². The van der Waals surface area contributed by atoms with Crippen LogP contribution >= 0.6 is 0 Å². The summed E-state index contributed by atoms with van der Waals surface area (Å²) in [5, 5.41) is 8.82. The van der Waals surface area contributed by atoms with Gasteiger partial charge in [-0.15, -0.1) is 0 Å². The standard InChI is InChI=1S/C25H25F3N4/c1-17(2)20-13-29-32(15-20)24-6-4-5-19(12-24)11-18(3)21-14-30-31(16-21)23-9-7-22(8-10-23)25(26,27)28/h4-10,12-18H,11H2,1-3H3. The van der Waals surface area contributed by atoms with Crippen LogP contribution in [-0.2, 0) is 12.6 Å². The summed E-state index contributed by atoms with van der Waals surface area (Å²) in [6, 6.07) is 13.3. The predicted octanol–water partition coefficient (Wildman–Crippen LogP) is 6.55. The molecule has 0 amide bonds. The predicted molar refractivity (Wildman–Crippen MR) is 118 cm³/mol. The van der Waals surface area contributed by atoms with E-state index in [1.807, 2.05) is 29.2 Å². The van der Waals surface area contributed by atoms with E-state index in [0.717, 1.165) is 29.8 Å². The summed E-state index contributed by atoms with van der Waals surface area (Å²) in [6.45, 7) is 6.40. The molecule has 2 heterocycles. The Labute approximate surface area is 185 Å². The van der Waals surface area contributed by atoms with E-state index in [4.69, 9.17) is 0 Å². The van der Waals surface area contributed by atoms with Gasteiger partial charge in [0.25, 0.3) is 0 Å². The molecule has 1 atom stereocenters.